The first kappa shape index (κ1) is 18.4. The molecule has 0 radical (unpaired) electrons. The molecule has 24 heavy (non-hydrogen) atoms. The number of aromatic nitrogens is 2. The van der Waals surface area contributed by atoms with Gasteiger partial charge in [0.2, 0.25) is 0 Å². The minimum Gasteiger partial charge on any atom is -0.337 e. The fourth-order valence-corrected chi connectivity index (χ4v) is 2.99. The predicted molar refractivity (Wildman–Crippen MR) is 94.8 cm³/mol. The Morgan fingerprint density at radius 3 is 2.54 bits per heavy atom. The fraction of sp³-hybridized carbons (Fsp3) is 0.389. The molecule has 4 nitrogen and oxygen atoms in total. The highest BCUT2D eigenvalue weighted by Crippen LogP contribution is 2.24. The highest BCUT2D eigenvalue weighted by molar-refractivity contribution is 7.98. The predicted octanol–water partition coefficient (Wildman–Crippen LogP) is 4.04. The van der Waals surface area contributed by atoms with Crippen LogP contribution in [0.2, 0.25) is 0 Å². The first-order valence-corrected chi connectivity index (χ1v) is 8.99. The molecule has 1 heterocycles. The van der Waals surface area contributed by atoms with Gasteiger partial charge in [0, 0.05) is 25.1 Å². The highest BCUT2D eigenvalue weighted by atomic mass is 32.2. The van der Waals surface area contributed by atoms with Crippen LogP contribution in [0.4, 0.5) is 4.39 Å². The summed E-state index contributed by atoms with van der Waals surface area (Å²) in [7, 11) is 1.66. The van der Waals surface area contributed by atoms with Crippen LogP contribution >= 0.6 is 11.8 Å². The number of carbonyl (C=O) groups excluding carboxylic acids is 1. The normalized spacial score (nSPS) is 11.0. The standard InChI is InChI=1S/C18H22FN3OS/c1-11(2)16-20-12(3)15(17(21-16)24-5)18(23)22(4)10-13-8-6-7-9-14(13)19/h6-9,11H,10H2,1-5H3. The minimum absolute atomic E-state index is 0.190. The molecule has 2 aromatic rings. The number of aryl methyl sites for hydroxylation is 1. The molecule has 6 heteroatoms. The van der Waals surface area contributed by atoms with Crippen molar-refractivity contribution in [3.8, 4) is 0 Å². The van der Waals surface area contributed by atoms with Crippen LogP contribution in [0.5, 0.6) is 0 Å². The molecule has 0 saturated heterocycles. The number of benzene rings is 1. The Kier molecular flexibility index (Phi) is 5.94. The molecular formula is C18H22FN3OS. The molecule has 0 fully saturated rings. The van der Waals surface area contributed by atoms with E-state index < -0.39 is 0 Å². The van der Waals surface area contributed by atoms with Crippen molar-refractivity contribution in [2.24, 2.45) is 0 Å². The Hall–Kier alpha value is -1.95. The minimum atomic E-state index is -0.314. The summed E-state index contributed by atoms with van der Waals surface area (Å²) < 4.78 is 13.8. The lowest BCUT2D eigenvalue weighted by Crippen LogP contribution is -2.28. The molecule has 0 spiro atoms. The van der Waals surface area contributed by atoms with Crippen LogP contribution in [0.3, 0.4) is 0 Å². The zero-order valence-electron chi connectivity index (χ0n) is 14.6. The lowest BCUT2D eigenvalue weighted by atomic mass is 10.1. The van der Waals surface area contributed by atoms with Gasteiger partial charge in [-0.3, -0.25) is 4.79 Å². The Bertz CT molecular complexity index is 749. The average molecular weight is 347 g/mol. The summed E-state index contributed by atoms with van der Waals surface area (Å²) in [5.74, 6) is 0.404. The van der Waals surface area contributed by atoms with Crippen molar-refractivity contribution in [1.82, 2.24) is 14.9 Å². The third-order valence-corrected chi connectivity index (χ3v) is 4.39. The van der Waals surface area contributed by atoms with Gasteiger partial charge in [0.1, 0.15) is 16.7 Å². The van der Waals surface area contributed by atoms with Crippen molar-refractivity contribution in [3.05, 3.63) is 52.7 Å². The van der Waals surface area contributed by atoms with Gasteiger partial charge in [-0.2, -0.15) is 0 Å². The summed E-state index contributed by atoms with van der Waals surface area (Å²) in [6, 6.07) is 6.47. The van der Waals surface area contributed by atoms with Crippen molar-refractivity contribution in [1.29, 1.82) is 0 Å². The highest BCUT2D eigenvalue weighted by Gasteiger charge is 2.22. The summed E-state index contributed by atoms with van der Waals surface area (Å²) in [6.45, 7) is 6.05. The van der Waals surface area contributed by atoms with E-state index >= 15 is 0 Å². The molecule has 0 saturated carbocycles. The molecular weight excluding hydrogens is 325 g/mol. The van der Waals surface area contributed by atoms with Gasteiger partial charge in [0.15, 0.2) is 0 Å². The van der Waals surface area contributed by atoms with E-state index in [9.17, 15) is 9.18 Å². The van der Waals surface area contributed by atoms with Gasteiger partial charge in [0.25, 0.3) is 5.91 Å². The van der Waals surface area contributed by atoms with E-state index in [1.165, 1.54) is 22.7 Å². The topological polar surface area (TPSA) is 46.1 Å². The van der Waals surface area contributed by atoms with Crippen molar-refractivity contribution < 1.29 is 9.18 Å². The van der Waals surface area contributed by atoms with Gasteiger partial charge in [0.05, 0.1) is 11.3 Å². The van der Waals surface area contributed by atoms with Gasteiger partial charge < -0.3 is 4.90 Å². The van der Waals surface area contributed by atoms with Gasteiger partial charge in [-0.15, -0.1) is 11.8 Å². The molecule has 0 aliphatic rings. The largest absolute Gasteiger partial charge is 0.337 e. The maximum Gasteiger partial charge on any atom is 0.258 e. The number of carbonyl (C=O) groups is 1. The Labute approximate surface area is 146 Å². The zero-order chi connectivity index (χ0) is 17.9. The number of nitrogens with zero attached hydrogens (tertiary/aromatic N) is 3. The van der Waals surface area contributed by atoms with E-state index in [0.717, 1.165) is 5.82 Å². The van der Waals surface area contributed by atoms with Crippen LogP contribution < -0.4 is 0 Å². The number of thioether (sulfide) groups is 1. The van der Waals surface area contributed by atoms with E-state index in [0.29, 0.717) is 21.8 Å². The first-order chi connectivity index (χ1) is 11.3. The van der Waals surface area contributed by atoms with Crippen LogP contribution in [0.25, 0.3) is 0 Å². The molecule has 1 aromatic carbocycles. The molecule has 0 aliphatic heterocycles. The number of halogens is 1. The number of rotatable bonds is 5. The number of hydrogen-bond donors (Lipinski definition) is 0. The van der Waals surface area contributed by atoms with E-state index in [1.54, 1.807) is 25.2 Å². The fourth-order valence-electron chi connectivity index (χ4n) is 2.36. The van der Waals surface area contributed by atoms with Gasteiger partial charge in [-0.25, -0.2) is 14.4 Å². The van der Waals surface area contributed by atoms with Gasteiger partial charge in [-0.1, -0.05) is 32.0 Å². The monoisotopic (exact) mass is 347 g/mol. The lowest BCUT2D eigenvalue weighted by molar-refractivity contribution is 0.0778. The quantitative estimate of drug-likeness (QED) is 0.605. The third-order valence-electron chi connectivity index (χ3n) is 3.71. The summed E-state index contributed by atoms with van der Waals surface area (Å²) in [6.07, 6.45) is 1.89. The second kappa shape index (κ2) is 7.75. The van der Waals surface area contributed by atoms with Crippen molar-refractivity contribution in [2.75, 3.05) is 13.3 Å². The van der Waals surface area contributed by atoms with E-state index in [-0.39, 0.29) is 24.2 Å². The van der Waals surface area contributed by atoms with Gasteiger partial charge >= 0.3 is 0 Å². The lowest BCUT2D eigenvalue weighted by Gasteiger charge is -2.20. The van der Waals surface area contributed by atoms with Crippen molar-refractivity contribution in [2.45, 2.75) is 38.3 Å². The summed E-state index contributed by atoms with van der Waals surface area (Å²) in [4.78, 5) is 23.3. The van der Waals surface area contributed by atoms with Crippen molar-refractivity contribution in [3.63, 3.8) is 0 Å². The van der Waals surface area contributed by atoms with Gasteiger partial charge in [-0.05, 0) is 19.2 Å². The molecule has 0 atom stereocenters. The van der Waals surface area contributed by atoms with E-state index in [2.05, 4.69) is 9.97 Å². The maximum absolute atomic E-state index is 13.8. The average Bonchev–Trinajstić information content (AvgIpc) is 2.55. The maximum atomic E-state index is 13.8. The number of hydrogen-bond acceptors (Lipinski definition) is 4. The summed E-state index contributed by atoms with van der Waals surface area (Å²) in [5, 5.41) is 0.664. The molecule has 1 aromatic heterocycles. The molecule has 0 aliphatic carbocycles. The van der Waals surface area contributed by atoms with Crippen LogP contribution in [-0.2, 0) is 6.54 Å². The molecule has 2 rings (SSSR count). The third kappa shape index (κ3) is 3.93. The number of amides is 1. The Morgan fingerprint density at radius 1 is 1.29 bits per heavy atom. The molecule has 0 N–H and O–H groups in total. The van der Waals surface area contributed by atoms with Crippen LogP contribution in [-0.4, -0.2) is 34.1 Å². The molecule has 0 bridgehead atoms. The Balaban J connectivity index is 2.33. The second-order valence-corrected chi connectivity index (χ2v) is 6.75. The molecule has 128 valence electrons. The molecule has 1 amide bonds. The smallest absolute Gasteiger partial charge is 0.258 e. The van der Waals surface area contributed by atoms with E-state index in [1.807, 2.05) is 27.0 Å². The van der Waals surface area contributed by atoms with Crippen LogP contribution in [0, 0.1) is 12.7 Å². The Morgan fingerprint density at radius 2 is 1.96 bits per heavy atom. The van der Waals surface area contributed by atoms with E-state index in [4.69, 9.17) is 0 Å². The van der Waals surface area contributed by atoms with Crippen molar-refractivity contribution >= 4 is 17.7 Å². The van der Waals surface area contributed by atoms with Crippen LogP contribution in [0.15, 0.2) is 29.3 Å². The summed E-state index contributed by atoms with van der Waals surface area (Å²) in [5.41, 5.74) is 1.63. The summed E-state index contributed by atoms with van der Waals surface area (Å²) >= 11 is 1.42. The van der Waals surface area contributed by atoms with Crippen LogP contribution in [0.1, 0.15) is 47.2 Å². The molecule has 0 unspecified atom stereocenters. The SMILES string of the molecule is CSc1nc(C(C)C)nc(C)c1C(=O)N(C)Cc1ccccc1F. The second-order valence-electron chi connectivity index (χ2n) is 5.96. The first-order valence-electron chi connectivity index (χ1n) is 7.76. The zero-order valence-corrected chi connectivity index (χ0v) is 15.4.